The first-order valence-corrected chi connectivity index (χ1v) is 3.13. The molecule has 0 bridgehead atoms. The lowest BCUT2D eigenvalue weighted by atomic mass is 10.1. The van der Waals surface area contributed by atoms with E-state index in [4.69, 9.17) is 15.3 Å². The molecule has 0 radical (unpaired) electrons. The minimum absolute atomic E-state index is 0.464. The number of hydrogen-bond acceptors (Lipinski definition) is 3. The van der Waals surface area contributed by atoms with E-state index in [1.165, 1.54) is 6.92 Å². The van der Waals surface area contributed by atoms with Crippen LogP contribution in [-0.4, -0.2) is 33.6 Å². The largest absolute Gasteiger partial charge is 0.391 e. The van der Waals surface area contributed by atoms with Gasteiger partial charge < -0.3 is 15.3 Å². The van der Waals surface area contributed by atoms with E-state index in [2.05, 4.69) is 0 Å². The molecule has 0 aliphatic carbocycles. The van der Waals surface area contributed by atoms with E-state index in [0.29, 0.717) is 6.42 Å². The number of rotatable bonds is 3. The van der Waals surface area contributed by atoms with Crippen molar-refractivity contribution in [3.8, 4) is 0 Å². The lowest BCUT2D eigenvalue weighted by molar-refractivity contribution is -0.0524. The minimum Gasteiger partial charge on any atom is -0.391 e. The summed E-state index contributed by atoms with van der Waals surface area (Å²) in [7, 11) is 0. The zero-order valence-corrected chi connectivity index (χ0v) is 5.78. The highest BCUT2D eigenvalue weighted by Gasteiger charge is 2.18. The molecule has 0 aliphatic rings. The third-order valence-electron chi connectivity index (χ3n) is 1.31. The van der Waals surface area contributed by atoms with Crippen LogP contribution in [-0.2, 0) is 0 Å². The molecule has 0 rings (SSSR count). The smallest absolute Gasteiger partial charge is 0.105 e. The van der Waals surface area contributed by atoms with Crippen LogP contribution < -0.4 is 0 Å². The average Bonchev–Trinajstić information content (AvgIpc) is 1.84. The van der Waals surface area contributed by atoms with E-state index in [1.54, 1.807) is 6.92 Å². The fraction of sp³-hybridized carbons (Fsp3) is 1.00. The van der Waals surface area contributed by atoms with Crippen LogP contribution in [0, 0.1) is 0 Å². The zero-order chi connectivity index (χ0) is 7.44. The first-order valence-electron chi connectivity index (χ1n) is 3.13. The maximum absolute atomic E-state index is 8.89. The second-order valence-electron chi connectivity index (χ2n) is 2.21. The fourth-order valence-corrected chi connectivity index (χ4v) is 0.563. The standard InChI is InChI=1S/C6H14O3/c1-3-5(8)6(9)4(2)7/h4-9H,3H2,1-2H3/t4-,5+,6-/m1/s1. The number of aliphatic hydroxyl groups is 3. The summed E-state index contributed by atoms with van der Waals surface area (Å²) < 4.78 is 0. The van der Waals surface area contributed by atoms with Crippen molar-refractivity contribution in [3.63, 3.8) is 0 Å². The Morgan fingerprint density at radius 2 is 1.67 bits per heavy atom. The topological polar surface area (TPSA) is 60.7 Å². The number of aliphatic hydroxyl groups excluding tert-OH is 3. The van der Waals surface area contributed by atoms with Crippen molar-refractivity contribution in [1.82, 2.24) is 0 Å². The molecule has 0 heterocycles. The summed E-state index contributed by atoms with van der Waals surface area (Å²) in [5, 5.41) is 26.5. The number of hydrogen-bond donors (Lipinski definition) is 3. The van der Waals surface area contributed by atoms with Crippen molar-refractivity contribution < 1.29 is 15.3 Å². The summed E-state index contributed by atoms with van der Waals surface area (Å²) in [6.07, 6.45) is -2.19. The van der Waals surface area contributed by atoms with Gasteiger partial charge in [0.15, 0.2) is 0 Å². The summed E-state index contributed by atoms with van der Waals surface area (Å²) in [6, 6.07) is 0. The lowest BCUT2D eigenvalue weighted by Gasteiger charge is -2.17. The normalized spacial score (nSPS) is 21.0. The molecule has 0 aromatic carbocycles. The molecule has 0 saturated heterocycles. The quantitative estimate of drug-likeness (QED) is 0.487. The zero-order valence-electron chi connectivity index (χ0n) is 5.78. The Bertz CT molecular complexity index is 72.7. The Morgan fingerprint density at radius 1 is 1.22 bits per heavy atom. The van der Waals surface area contributed by atoms with E-state index < -0.39 is 18.3 Å². The highest BCUT2D eigenvalue weighted by atomic mass is 16.4. The van der Waals surface area contributed by atoms with Gasteiger partial charge in [-0.1, -0.05) is 6.92 Å². The summed E-state index contributed by atoms with van der Waals surface area (Å²) >= 11 is 0. The first-order chi connectivity index (χ1) is 4.09. The molecule has 3 nitrogen and oxygen atoms in total. The monoisotopic (exact) mass is 134 g/mol. The van der Waals surface area contributed by atoms with Crippen LogP contribution in [0.1, 0.15) is 20.3 Å². The van der Waals surface area contributed by atoms with Crippen LogP contribution in [0.2, 0.25) is 0 Å². The second kappa shape index (κ2) is 3.82. The van der Waals surface area contributed by atoms with E-state index >= 15 is 0 Å². The maximum Gasteiger partial charge on any atom is 0.105 e. The molecule has 0 aromatic heterocycles. The third kappa shape index (κ3) is 2.79. The third-order valence-corrected chi connectivity index (χ3v) is 1.31. The van der Waals surface area contributed by atoms with Crippen molar-refractivity contribution in [2.24, 2.45) is 0 Å². The van der Waals surface area contributed by atoms with Crippen LogP contribution in [0.4, 0.5) is 0 Å². The summed E-state index contributed by atoms with van der Waals surface area (Å²) in [5.74, 6) is 0. The van der Waals surface area contributed by atoms with Crippen LogP contribution in [0.25, 0.3) is 0 Å². The van der Waals surface area contributed by atoms with Crippen LogP contribution in [0.5, 0.6) is 0 Å². The van der Waals surface area contributed by atoms with Gasteiger partial charge in [-0.25, -0.2) is 0 Å². The molecule has 0 amide bonds. The Labute approximate surface area is 54.9 Å². The van der Waals surface area contributed by atoms with E-state index in [1.807, 2.05) is 0 Å². The van der Waals surface area contributed by atoms with Crippen molar-refractivity contribution in [3.05, 3.63) is 0 Å². The van der Waals surface area contributed by atoms with Crippen molar-refractivity contribution >= 4 is 0 Å². The molecule has 0 fully saturated rings. The summed E-state index contributed by atoms with van der Waals surface area (Å²) in [6.45, 7) is 3.19. The van der Waals surface area contributed by atoms with Gasteiger partial charge in [-0.15, -0.1) is 0 Å². The van der Waals surface area contributed by atoms with Gasteiger partial charge in [0.1, 0.15) is 6.10 Å². The predicted octanol–water partition coefficient (Wildman–Crippen LogP) is -0.501. The van der Waals surface area contributed by atoms with E-state index in [0.717, 1.165) is 0 Å². The lowest BCUT2D eigenvalue weighted by Crippen LogP contribution is -2.34. The van der Waals surface area contributed by atoms with Gasteiger partial charge in [0.25, 0.3) is 0 Å². The Balaban J connectivity index is 3.58. The van der Waals surface area contributed by atoms with Crippen molar-refractivity contribution in [2.45, 2.75) is 38.6 Å². The molecule has 0 aromatic rings. The van der Waals surface area contributed by atoms with Crippen LogP contribution in [0.15, 0.2) is 0 Å². The molecular weight excluding hydrogens is 120 g/mol. The molecule has 56 valence electrons. The van der Waals surface area contributed by atoms with Crippen LogP contribution >= 0.6 is 0 Å². The minimum atomic E-state index is -1.00. The van der Waals surface area contributed by atoms with Gasteiger partial charge in [-0.05, 0) is 13.3 Å². The highest BCUT2D eigenvalue weighted by molar-refractivity contribution is 4.69. The van der Waals surface area contributed by atoms with E-state index in [9.17, 15) is 0 Å². The van der Waals surface area contributed by atoms with Gasteiger partial charge in [-0.3, -0.25) is 0 Å². The van der Waals surface area contributed by atoms with Crippen LogP contribution in [0.3, 0.4) is 0 Å². The molecule has 0 aliphatic heterocycles. The van der Waals surface area contributed by atoms with E-state index in [-0.39, 0.29) is 0 Å². The molecule has 0 unspecified atom stereocenters. The van der Waals surface area contributed by atoms with Crippen molar-refractivity contribution in [2.75, 3.05) is 0 Å². The van der Waals surface area contributed by atoms with Gasteiger partial charge in [0.2, 0.25) is 0 Å². The average molecular weight is 134 g/mol. The molecule has 3 atom stereocenters. The molecule has 0 spiro atoms. The molecule has 3 heteroatoms. The highest BCUT2D eigenvalue weighted by Crippen LogP contribution is 2.01. The molecular formula is C6H14O3. The predicted molar refractivity (Wildman–Crippen MR) is 34.0 cm³/mol. The molecule has 9 heavy (non-hydrogen) atoms. The Hall–Kier alpha value is -0.120. The molecule has 3 N–H and O–H groups in total. The summed E-state index contributed by atoms with van der Waals surface area (Å²) in [5.41, 5.74) is 0. The van der Waals surface area contributed by atoms with Gasteiger partial charge in [0, 0.05) is 0 Å². The Morgan fingerprint density at radius 3 is 1.78 bits per heavy atom. The van der Waals surface area contributed by atoms with Gasteiger partial charge in [-0.2, -0.15) is 0 Å². The molecule has 0 saturated carbocycles. The second-order valence-corrected chi connectivity index (χ2v) is 2.21. The van der Waals surface area contributed by atoms with Gasteiger partial charge >= 0.3 is 0 Å². The summed E-state index contributed by atoms with van der Waals surface area (Å²) in [4.78, 5) is 0. The Kier molecular flexibility index (Phi) is 3.77. The first kappa shape index (κ1) is 8.88. The maximum atomic E-state index is 8.89. The SMILES string of the molecule is CC[C@H](O)[C@H](O)[C@@H](C)O. The fourth-order valence-electron chi connectivity index (χ4n) is 0.563. The van der Waals surface area contributed by atoms with Gasteiger partial charge in [0.05, 0.1) is 12.2 Å². The van der Waals surface area contributed by atoms with Crippen molar-refractivity contribution in [1.29, 1.82) is 0 Å².